The van der Waals surface area contributed by atoms with Crippen LogP contribution in [0.3, 0.4) is 0 Å². The molecule has 0 amide bonds. The van der Waals surface area contributed by atoms with E-state index in [0.29, 0.717) is 6.42 Å². The van der Waals surface area contributed by atoms with Crippen molar-refractivity contribution in [3.05, 3.63) is 47.5 Å². The molecule has 2 atom stereocenters. The highest BCUT2D eigenvalue weighted by Crippen LogP contribution is 2.48. The van der Waals surface area contributed by atoms with Crippen molar-refractivity contribution in [2.45, 2.75) is 18.3 Å². The van der Waals surface area contributed by atoms with E-state index in [1.54, 1.807) is 6.08 Å². The fraction of sp³-hybridized carbons (Fsp3) is 0.333. The van der Waals surface area contributed by atoms with Crippen LogP contribution in [0.25, 0.3) is 0 Å². The Hall–Kier alpha value is -1.90. The number of hydrogen-bond donors (Lipinski definition) is 0. The van der Waals surface area contributed by atoms with Gasteiger partial charge in [-0.3, -0.25) is 9.59 Å². The van der Waals surface area contributed by atoms with Gasteiger partial charge in [-0.1, -0.05) is 30.3 Å². The van der Waals surface area contributed by atoms with Crippen LogP contribution >= 0.6 is 0 Å². The van der Waals surface area contributed by atoms with Gasteiger partial charge < -0.3 is 4.74 Å². The summed E-state index contributed by atoms with van der Waals surface area (Å²) < 4.78 is 4.98. The lowest BCUT2D eigenvalue weighted by Crippen LogP contribution is -2.42. The Morgan fingerprint density at radius 2 is 2.11 bits per heavy atom. The van der Waals surface area contributed by atoms with Crippen LogP contribution in [-0.4, -0.2) is 18.9 Å². The predicted octanol–water partition coefficient (Wildman–Crippen LogP) is 1.80. The SMILES string of the molecule is COC(=O)[C@]12C=CC(=O)C[C@H]1Cc1ccccc12. The van der Waals surface area contributed by atoms with Gasteiger partial charge in [0.05, 0.1) is 7.11 Å². The molecule has 3 rings (SSSR count). The van der Waals surface area contributed by atoms with Crippen LogP contribution in [0.2, 0.25) is 0 Å². The second-order valence-corrected chi connectivity index (χ2v) is 4.92. The molecule has 1 aromatic carbocycles. The molecule has 0 spiro atoms. The summed E-state index contributed by atoms with van der Waals surface area (Å²) in [5, 5.41) is 0. The second kappa shape index (κ2) is 3.80. The molecule has 0 aliphatic heterocycles. The van der Waals surface area contributed by atoms with Gasteiger partial charge in [-0.2, -0.15) is 0 Å². The highest BCUT2D eigenvalue weighted by molar-refractivity contribution is 5.97. The summed E-state index contributed by atoms with van der Waals surface area (Å²) in [5.41, 5.74) is 1.39. The zero-order valence-electron chi connectivity index (χ0n) is 10.2. The van der Waals surface area contributed by atoms with Crippen LogP contribution < -0.4 is 0 Å². The van der Waals surface area contributed by atoms with Crippen LogP contribution in [-0.2, 0) is 26.2 Å². The van der Waals surface area contributed by atoms with Gasteiger partial charge >= 0.3 is 5.97 Å². The number of rotatable bonds is 1. The molecule has 0 saturated heterocycles. The van der Waals surface area contributed by atoms with Gasteiger partial charge in [-0.05, 0) is 29.5 Å². The first-order chi connectivity index (χ1) is 8.68. The first-order valence-corrected chi connectivity index (χ1v) is 6.07. The third kappa shape index (κ3) is 1.30. The smallest absolute Gasteiger partial charge is 0.320 e. The summed E-state index contributed by atoms with van der Waals surface area (Å²) in [4.78, 5) is 23.8. The number of benzene rings is 1. The molecule has 3 heteroatoms. The van der Waals surface area contributed by atoms with E-state index in [2.05, 4.69) is 0 Å². The fourth-order valence-electron chi connectivity index (χ4n) is 3.26. The Labute approximate surface area is 105 Å². The molecule has 0 N–H and O–H groups in total. The van der Waals surface area contributed by atoms with Gasteiger partial charge in [-0.25, -0.2) is 0 Å². The number of methoxy groups -OCH3 is 1. The first kappa shape index (κ1) is 11.2. The fourth-order valence-corrected chi connectivity index (χ4v) is 3.26. The van der Waals surface area contributed by atoms with Crippen molar-refractivity contribution in [3.63, 3.8) is 0 Å². The minimum absolute atomic E-state index is 0.000139. The summed E-state index contributed by atoms with van der Waals surface area (Å²) in [7, 11) is 1.40. The molecular weight excluding hydrogens is 228 g/mol. The number of esters is 1. The van der Waals surface area contributed by atoms with E-state index >= 15 is 0 Å². The monoisotopic (exact) mass is 242 g/mol. The normalized spacial score (nSPS) is 28.7. The summed E-state index contributed by atoms with van der Waals surface area (Å²) in [6, 6.07) is 7.88. The van der Waals surface area contributed by atoms with Crippen LogP contribution in [0, 0.1) is 5.92 Å². The average Bonchev–Trinajstić information content (AvgIpc) is 2.72. The van der Waals surface area contributed by atoms with E-state index in [1.807, 2.05) is 24.3 Å². The molecule has 3 nitrogen and oxygen atoms in total. The van der Waals surface area contributed by atoms with Crippen LogP contribution in [0.1, 0.15) is 17.5 Å². The van der Waals surface area contributed by atoms with Crippen LogP contribution in [0.5, 0.6) is 0 Å². The number of hydrogen-bond acceptors (Lipinski definition) is 3. The Morgan fingerprint density at radius 3 is 2.89 bits per heavy atom. The Kier molecular flexibility index (Phi) is 2.37. The van der Waals surface area contributed by atoms with Gasteiger partial charge in [-0.15, -0.1) is 0 Å². The highest BCUT2D eigenvalue weighted by Gasteiger charge is 2.53. The molecule has 92 valence electrons. The lowest BCUT2D eigenvalue weighted by Gasteiger charge is -2.32. The predicted molar refractivity (Wildman–Crippen MR) is 66.1 cm³/mol. The quantitative estimate of drug-likeness (QED) is 0.705. The molecule has 18 heavy (non-hydrogen) atoms. The molecule has 0 unspecified atom stereocenters. The molecule has 0 saturated carbocycles. The molecule has 2 aliphatic rings. The maximum atomic E-state index is 12.3. The standard InChI is InChI=1S/C15H14O3/c1-18-14(17)15-7-6-12(16)9-11(15)8-10-4-2-3-5-13(10)15/h2-7,11H,8-9H2,1H3/t11-,15-/m1/s1. The summed E-state index contributed by atoms with van der Waals surface area (Å²) in [6.07, 6.45) is 4.44. The Morgan fingerprint density at radius 1 is 1.33 bits per heavy atom. The van der Waals surface area contributed by atoms with Gasteiger partial charge in [0.25, 0.3) is 0 Å². The van der Waals surface area contributed by atoms with Gasteiger partial charge in [0.15, 0.2) is 5.78 Å². The summed E-state index contributed by atoms with van der Waals surface area (Å²) in [6.45, 7) is 0. The van der Waals surface area contributed by atoms with E-state index in [9.17, 15) is 9.59 Å². The van der Waals surface area contributed by atoms with E-state index in [4.69, 9.17) is 4.74 Å². The number of ketones is 1. The second-order valence-electron chi connectivity index (χ2n) is 4.92. The highest BCUT2D eigenvalue weighted by atomic mass is 16.5. The van der Waals surface area contributed by atoms with Gasteiger partial charge in [0, 0.05) is 6.42 Å². The number of carbonyl (C=O) groups excluding carboxylic acids is 2. The van der Waals surface area contributed by atoms with Crippen LogP contribution in [0.4, 0.5) is 0 Å². The lowest BCUT2D eigenvalue weighted by molar-refractivity contribution is -0.147. The van der Waals surface area contributed by atoms with Crippen molar-refractivity contribution in [1.29, 1.82) is 0 Å². The minimum Gasteiger partial charge on any atom is -0.468 e. The maximum Gasteiger partial charge on any atom is 0.320 e. The topological polar surface area (TPSA) is 43.4 Å². The molecule has 0 aromatic heterocycles. The summed E-state index contributed by atoms with van der Waals surface area (Å²) >= 11 is 0. The number of allylic oxidation sites excluding steroid dienone is 1. The number of carbonyl (C=O) groups is 2. The Balaban J connectivity index is 2.22. The zero-order valence-corrected chi connectivity index (χ0v) is 10.2. The zero-order chi connectivity index (χ0) is 12.8. The third-order valence-electron chi connectivity index (χ3n) is 4.08. The van der Waals surface area contributed by atoms with E-state index in [0.717, 1.165) is 17.5 Å². The van der Waals surface area contributed by atoms with Crippen LogP contribution in [0.15, 0.2) is 36.4 Å². The molecule has 0 heterocycles. The minimum atomic E-state index is -0.751. The molecule has 0 fully saturated rings. The molecule has 0 bridgehead atoms. The van der Waals surface area contributed by atoms with E-state index in [1.165, 1.54) is 13.2 Å². The molecular formula is C15H14O3. The van der Waals surface area contributed by atoms with Crippen molar-refractivity contribution < 1.29 is 14.3 Å². The molecule has 2 aliphatic carbocycles. The van der Waals surface area contributed by atoms with Gasteiger partial charge in [0.1, 0.15) is 5.41 Å². The Bertz CT molecular complexity index is 559. The largest absolute Gasteiger partial charge is 0.468 e. The lowest BCUT2D eigenvalue weighted by atomic mass is 9.69. The van der Waals surface area contributed by atoms with Crippen molar-refractivity contribution in [1.82, 2.24) is 0 Å². The average molecular weight is 242 g/mol. The molecule has 1 aromatic rings. The van der Waals surface area contributed by atoms with Crippen molar-refractivity contribution in [2.75, 3.05) is 7.11 Å². The van der Waals surface area contributed by atoms with Gasteiger partial charge in [0.2, 0.25) is 0 Å². The molecule has 0 radical (unpaired) electrons. The van der Waals surface area contributed by atoms with Crippen molar-refractivity contribution >= 4 is 11.8 Å². The van der Waals surface area contributed by atoms with E-state index < -0.39 is 5.41 Å². The van der Waals surface area contributed by atoms with E-state index in [-0.39, 0.29) is 17.7 Å². The van der Waals surface area contributed by atoms with Crippen molar-refractivity contribution in [2.24, 2.45) is 5.92 Å². The third-order valence-corrected chi connectivity index (χ3v) is 4.08. The van der Waals surface area contributed by atoms with Crippen molar-refractivity contribution in [3.8, 4) is 0 Å². The number of ether oxygens (including phenoxy) is 1. The first-order valence-electron chi connectivity index (χ1n) is 6.07. The summed E-state index contributed by atoms with van der Waals surface area (Å²) in [5.74, 6) is -0.173. The maximum absolute atomic E-state index is 12.3. The number of fused-ring (bicyclic) bond motifs is 3.